The van der Waals surface area contributed by atoms with E-state index in [2.05, 4.69) is 10.3 Å². The molecule has 0 aliphatic rings. The minimum absolute atomic E-state index is 0.0171. The molecule has 2 aromatic rings. The van der Waals surface area contributed by atoms with Crippen molar-refractivity contribution < 1.29 is 4.92 Å². The van der Waals surface area contributed by atoms with Gasteiger partial charge in [-0.15, -0.1) is 11.3 Å². The SMILES string of the molecule is CCC(Nc1cc(N)cc([N+](=O)[O-])c1)c1nccs1. The lowest BCUT2D eigenvalue weighted by molar-refractivity contribution is -0.384. The first kappa shape index (κ1) is 13.3. The van der Waals surface area contributed by atoms with E-state index in [9.17, 15) is 10.1 Å². The van der Waals surface area contributed by atoms with Gasteiger partial charge in [0, 0.05) is 35.1 Å². The minimum atomic E-state index is -0.452. The monoisotopic (exact) mass is 278 g/mol. The maximum absolute atomic E-state index is 10.8. The van der Waals surface area contributed by atoms with Gasteiger partial charge in [-0.2, -0.15) is 0 Å². The Morgan fingerprint density at radius 2 is 2.32 bits per heavy atom. The van der Waals surface area contributed by atoms with Gasteiger partial charge in [-0.3, -0.25) is 10.1 Å². The number of nitro benzene ring substituents is 1. The number of nitrogens with zero attached hydrogens (tertiary/aromatic N) is 2. The number of benzene rings is 1. The molecule has 19 heavy (non-hydrogen) atoms. The lowest BCUT2D eigenvalue weighted by Gasteiger charge is -2.16. The third-order valence-corrected chi connectivity index (χ3v) is 3.54. The second-order valence-corrected chi connectivity index (χ2v) is 4.97. The van der Waals surface area contributed by atoms with Gasteiger partial charge < -0.3 is 11.1 Å². The maximum Gasteiger partial charge on any atom is 0.273 e. The predicted octanol–water partition coefficient (Wildman–Crippen LogP) is 3.20. The van der Waals surface area contributed by atoms with Crippen LogP contribution in [0.2, 0.25) is 0 Å². The third kappa shape index (κ3) is 3.19. The van der Waals surface area contributed by atoms with E-state index in [1.54, 1.807) is 23.6 Å². The highest BCUT2D eigenvalue weighted by Crippen LogP contribution is 2.28. The minimum Gasteiger partial charge on any atom is -0.398 e. The number of anilines is 2. The first-order valence-corrected chi connectivity index (χ1v) is 6.69. The molecule has 0 aliphatic heterocycles. The number of hydrogen-bond acceptors (Lipinski definition) is 6. The lowest BCUT2D eigenvalue weighted by atomic mass is 10.2. The number of non-ortho nitro benzene ring substituents is 1. The van der Waals surface area contributed by atoms with Crippen LogP contribution >= 0.6 is 11.3 Å². The number of aromatic nitrogens is 1. The highest BCUT2D eigenvalue weighted by atomic mass is 32.1. The Hall–Kier alpha value is -2.15. The van der Waals surface area contributed by atoms with Crippen LogP contribution in [0, 0.1) is 10.1 Å². The first-order chi connectivity index (χ1) is 9.10. The molecular weight excluding hydrogens is 264 g/mol. The fourth-order valence-electron chi connectivity index (χ4n) is 1.77. The summed E-state index contributed by atoms with van der Waals surface area (Å²) < 4.78 is 0. The Bertz CT molecular complexity index is 571. The second-order valence-electron chi connectivity index (χ2n) is 4.05. The lowest BCUT2D eigenvalue weighted by Crippen LogP contribution is -2.09. The zero-order valence-corrected chi connectivity index (χ0v) is 11.2. The fraction of sp³-hybridized carbons (Fsp3) is 0.250. The van der Waals surface area contributed by atoms with Gasteiger partial charge in [0.1, 0.15) is 5.01 Å². The highest BCUT2D eigenvalue weighted by molar-refractivity contribution is 7.09. The number of nitrogens with two attached hydrogens (primary N) is 1. The number of rotatable bonds is 5. The molecule has 0 bridgehead atoms. The molecule has 1 aromatic heterocycles. The van der Waals surface area contributed by atoms with Crippen LogP contribution < -0.4 is 11.1 Å². The van der Waals surface area contributed by atoms with Gasteiger partial charge in [0.2, 0.25) is 0 Å². The van der Waals surface area contributed by atoms with Crippen molar-refractivity contribution in [2.45, 2.75) is 19.4 Å². The molecule has 1 aromatic carbocycles. The van der Waals surface area contributed by atoms with E-state index < -0.39 is 4.92 Å². The zero-order chi connectivity index (χ0) is 13.8. The van der Waals surface area contributed by atoms with E-state index in [4.69, 9.17) is 5.73 Å². The summed E-state index contributed by atoms with van der Waals surface area (Å²) in [4.78, 5) is 14.6. The number of nitro groups is 1. The summed E-state index contributed by atoms with van der Waals surface area (Å²) in [6, 6.07) is 4.53. The van der Waals surface area contributed by atoms with E-state index in [1.807, 2.05) is 12.3 Å². The van der Waals surface area contributed by atoms with Gasteiger partial charge >= 0.3 is 0 Å². The molecule has 7 heteroatoms. The highest BCUT2D eigenvalue weighted by Gasteiger charge is 2.14. The van der Waals surface area contributed by atoms with Crippen molar-refractivity contribution in [3.8, 4) is 0 Å². The van der Waals surface area contributed by atoms with Gasteiger partial charge in [0.05, 0.1) is 11.0 Å². The summed E-state index contributed by atoms with van der Waals surface area (Å²) in [6.45, 7) is 2.03. The standard InChI is InChI=1S/C12H14N4O2S/c1-2-11(12-14-3-4-19-12)15-9-5-8(13)6-10(7-9)16(17)18/h3-7,11,15H,2,13H2,1H3. The van der Waals surface area contributed by atoms with Crippen molar-refractivity contribution in [3.05, 3.63) is 44.9 Å². The van der Waals surface area contributed by atoms with E-state index in [0.29, 0.717) is 11.4 Å². The van der Waals surface area contributed by atoms with Gasteiger partial charge in [-0.25, -0.2) is 4.98 Å². The Labute approximate surface area is 114 Å². The molecular formula is C12H14N4O2S. The van der Waals surface area contributed by atoms with Crippen LogP contribution in [0.3, 0.4) is 0 Å². The molecule has 100 valence electrons. The summed E-state index contributed by atoms with van der Waals surface area (Å²) in [7, 11) is 0. The zero-order valence-electron chi connectivity index (χ0n) is 10.4. The topological polar surface area (TPSA) is 94.1 Å². The smallest absolute Gasteiger partial charge is 0.273 e. The number of nitrogens with one attached hydrogen (secondary N) is 1. The van der Waals surface area contributed by atoms with Crippen LogP contribution in [0.15, 0.2) is 29.8 Å². The largest absolute Gasteiger partial charge is 0.398 e. The molecule has 0 spiro atoms. The number of thiazole rings is 1. The van der Waals surface area contributed by atoms with Gasteiger partial charge in [0.25, 0.3) is 5.69 Å². The average Bonchev–Trinajstić information content (AvgIpc) is 2.89. The van der Waals surface area contributed by atoms with Gasteiger partial charge in [-0.05, 0) is 12.5 Å². The van der Waals surface area contributed by atoms with Crippen LogP contribution in [0.4, 0.5) is 17.1 Å². The summed E-state index contributed by atoms with van der Waals surface area (Å²) in [5.41, 5.74) is 6.66. The van der Waals surface area contributed by atoms with E-state index in [-0.39, 0.29) is 11.7 Å². The Morgan fingerprint density at radius 3 is 2.89 bits per heavy atom. The third-order valence-electron chi connectivity index (χ3n) is 2.65. The quantitative estimate of drug-likeness (QED) is 0.497. The fourth-order valence-corrected chi connectivity index (χ4v) is 2.54. The average molecular weight is 278 g/mol. The maximum atomic E-state index is 10.8. The van der Waals surface area contributed by atoms with Crippen molar-refractivity contribution in [3.63, 3.8) is 0 Å². The molecule has 0 amide bonds. The molecule has 1 unspecified atom stereocenters. The predicted molar refractivity (Wildman–Crippen MR) is 76.3 cm³/mol. The first-order valence-electron chi connectivity index (χ1n) is 5.81. The van der Waals surface area contributed by atoms with Crippen molar-refractivity contribution in [1.82, 2.24) is 4.98 Å². The normalized spacial score (nSPS) is 12.1. The van der Waals surface area contributed by atoms with E-state index in [1.165, 1.54) is 12.1 Å². The molecule has 0 fully saturated rings. The van der Waals surface area contributed by atoms with Gasteiger partial charge in [0.15, 0.2) is 0 Å². The van der Waals surface area contributed by atoms with Crippen molar-refractivity contribution in [1.29, 1.82) is 0 Å². The van der Waals surface area contributed by atoms with Crippen molar-refractivity contribution in [2.75, 3.05) is 11.1 Å². The molecule has 0 aliphatic carbocycles. The van der Waals surface area contributed by atoms with Crippen LogP contribution in [0.5, 0.6) is 0 Å². The molecule has 0 saturated heterocycles. The van der Waals surface area contributed by atoms with Crippen molar-refractivity contribution in [2.24, 2.45) is 0 Å². The van der Waals surface area contributed by atoms with Crippen molar-refractivity contribution >= 4 is 28.4 Å². The van der Waals surface area contributed by atoms with Crippen LogP contribution in [-0.4, -0.2) is 9.91 Å². The molecule has 1 atom stereocenters. The van der Waals surface area contributed by atoms with Crippen LogP contribution in [0.25, 0.3) is 0 Å². The summed E-state index contributed by atoms with van der Waals surface area (Å²) in [5, 5.41) is 16.9. The van der Waals surface area contributed by atoms with Gasteiger partial charge in [-0.1, -0.05) is 6.92 Å². The molecule has 0 radical (unpaired) electrons. The second kappa shape index (κ2) is 5.66. The summed E-state index contributed by atoms with van der Waals surface area (Å²) >= 11 is 1.55. The van der Waals surface area contributed by atoms with E-state index >= 15 is 0 Å². The molecule has 0 saturated carbocycles. The summed E-state index contributed by atoms with van der Waals surface area (Å²) in [6.07, 6.45) is 2.57. The molecule has 6 nitrogen and oxygen atoms in total. The van der Waals surface area contributed by atoms with Crippen LogP contribution in [0.1, 0.15) is 24.4 Å². The molecule has 3 N–H and O–H groups in total. The number of nitrogen functional groups attached to an aromatic ring is 1. The summed E-state index contributed by atoms with van der Waals surface area (Å²) in [5.74, 6) is 0. The molecule has 1 heterocycles. The Morgan fingerprint density at radius 1 is 1.53 bits per heavy atom. The number of hydrogen-bond donors (Lipinski definition) is 2. The molecule has 2 rings (SSSR count). The van der Waals surface area contributed by atoms with Crippen LogP contribution in [-0.2, 0) is 0 Å². The Kier molecular flexibility index (Phi) is 3.96. The van der Waals surface area contributed by atoms with E-state index in [0.717, 1.165) is 11.4 Å². The Balaban J connectivity index is 2.24.